The highest BCUT2D eigenvalue weighted by molar-refractivity contribution is 6.42. The van der Waals surface area contributed by atoms with Gasteiger partial charge in [0.2, 0.25) is 0 Å². The predicted molar refractivity (Wildman–Crippen MR) is 108 cm³/mol. The maximum Gasteiger partial charge on any atom is 0.329 e. The van der Waals surface area contributed by atoms with Crippen molar-refractivity contribution in [3.63, 3.8) is 0 Å². The molecule has 0 aliphatic heterocycles. The van der Waals surface area contributed by atoms with Gasteiger partial charge in [-0.05, 0) is 54.4 Å². The molecule has 2 aromatic carbocycles. The van der Waals surface area contributed by atoms with E-state index in [-0.39, 0.29) is 5.02 Å². The number of carbonyl (C=O) groups is 2. The third-order valence-electron chi connectivity index (χ3n) is 3.41. The van der Waals surface area contributed by atoms with Gasteiger partial charge in [0, 0.05) is 5.69 Å². The van der Waals surface area contributed by atoms with Gasteiger partial charge in [-0.2, -0.15) is 5.10 Å². The van der Waals surface area contributed by atoms with E-state index in [9.17, 15) is 9.59 Å². The number of nitrogens with one attached hydrogen (secondary N) is 2. The molecule has 0 heterocycles. The predicted octanol–water partition coefficient (Wildman–Crippen LogP) is 4.26. The quantitative estimate of drug-likeness (QED) is 0.311. The first-order valence-corrected chi connectivity index (χ1v) is 9.07. The van der Waals surface area contributed by atoms with Crippen molar-refractivity contribution in [1.82, 2.24) is 5.43 Å². The summed E-state index contributed by atoms with van der Waals surface area (Å²) in [5.74, 6) is -1.01. The van der Waals surface area contributed by atoms with E-state index >= 15 is 0 Å². The van der Waals surface area contributed by atoms with Crippen LogP contribution in [-0.4, -0.2) is 24.6 Å². The second-order valence-corrected chi connectivity index (χ2v) is 6.37. The Labute approximate surface area is 167 Å². The topological polar surface area (TPSA) is 79.8 Å². The molecule has 2 aromatic rings. The molecule has 2 N–H and O–H groups in total. The third-order valence-corrected chi connectivity index (χ3v) is 4.15. The summed E-state index contributed by atoms with van der Waals surface area (Å²) in [7, 11) is 0. The lowest BCUT2D eigenvalue weighted by atomic mass is 10.2. The van der Waals surface area contributed by atoms with Gasteiger partial charge in [-0.15, -0.1) is 0 Å². The van der Waals surface area contributed by atoms with Gasteiger partial charge >= 0.3 is 11.8 Å². The molecule has 0 aromatic heterocycles. The lowest BCUT2D eigenvalue weighted by Crippen LogP contribution is -2.32. The molecule has 0 saturated heterocycles. The smallest absolute Gasteiger partial charge is 0.329 e. The first-order valence-electron chi connectivity index (χ1n) is 8.32. The van der Waals surface area contributed by atoms with Gasteiger partial charge in [-0.1, -0.05) is 36.5 Å². The molecule has 0 saturated carbocycles. The molecule has 0 atom stereocenters. The normalized spacial score (nSPS) is 10.6. The number of benzene rings is 2. The van der Waals surface area contributed by atoms with Gasteiger partial charge in [0.25, 0.3) is 0 Å². The second kappa shape index (κ2) is 10.5. The van der Waals surface area contributed by atoms with E-state index in [0.717, 1.165) is 24.2 Å². The van der Waals surface area contributed by atoms with Crippen LogP contribution < -0.4 is 15.5 Å². The van der Waals surface area contributed by atoms with Crippen LogP contribution in [0.4, 0.5) is 5.69 Å². The van der Waals surface area contributed by atoms with Gasteiger partial charge in [-0.3, -0.25) is 9.59 Å². The molecule has 142 valence electrons. The maximum absolute atomic E-state index is 11.8. The molecular formula is C19H19Cl2N3O3. The van der Waals surface area contributed by atoms with Crippen molar-refractivity contribution in [3.05, 3.63) is 58.1 Å². The Hall–Kier alpha value is -2.57. The van der Waals surface area contributed by atoms with E-state index in [1.807, 2.05) is 12.1 Å². The number of anilines is 1. The zero-order valence-electron chi connectivity index (χ0n) is 14.7. The first-order chi connectivity index (χ1) is 13.0. The van der Waals surface area contributed by atoms with Gasteiger partial charge in [0.05, 0.1) is 22.9 Å². The number of hydrogen-bond acceptors (Lipinski definition) is 4. The lowest BCUT2D eigenvalue weighted by molar-refractivity contribution is -0.136. The molecule has 27 heavy (non-hydrogen) atoms. The zero-order chi connectivity index (χ0) is 19.6. The summed E-state index contributed by atoms with van der Waals surface area (Å²) >= 11 is 11.7. The van der Waals surface area contributed by atoms with Crippen LogP contribution in [0.2, 0.25) is 10.0 Å². The van der Waals surface area contributed by atoms with Crippen LogP contribution in [-0.2, 0) is 9.59 Å². The number of amides is 2. The molecule has 2 amide bonds. The van der Waals surface area contributed by atoms with Crippen molar-refractivity contribution in [2.75, 3.05) is 11.9 Å². The summed E-state index contributed by atoms with van der Waals surface area (Å²) in [6.45, 7) is 2.77. The highest BCUT2D eigenvalue weighted by atomic mass is 35.5. The number of nitrogens with zero attached hydrogens (tertiary/aromatic N) is 1. The number of unbranched alkanes of at least 4 members (excludes halogenated alkanes) is 1. The van der Waals surface area contributed by atoms with Crippen molar-refractivity contribution in [2.45, 2.75) is 19.8 Å². The molecular weight excluding hydrogens is 389 g/mol. The number of rotatable bonds is 7. The zero-order valence-corrected chi connectivity index (χ0v) is 16.2. The Morgan fingerprint density at radius 1 is 1.07 bits per heavy atom. The first kappa shape index (κ1) is 20.7. The van der Waals surface area contributed by atoms with E-state index in [0.29, 0.717) is 17.3 Å². The van der Waals surface area contributed by atoms with Crippen LogP contribution >= 0.6 is 23.2 Å². The van der Waals surface area contributed by atoms with E-state index in [2.05, 4.69) is 22.8 Å². The molecule has 0 bridgehead atoms. The Morgan fingerprint density at radius 2 is 1.81 bits per heavy atom. The molecule has 2 rings (SSSR count). The average molecular weight is 408 g/mol. The van der Waals surface area contributed by atoms with Crippen molar-refractivity contribution in [2.24, 2.45) is 5.10 Å². The molecule has 0 aliphatic carbocycles. The molecule has 8 heteroatoms. The fourth-order valence-electron chi connectivity index (χ4n) is 1.96. The van der Waals surface area contributed by atoms with Crippen LogP contribution in [0.3, 0.4) is 0 Å². The fourth-order valence-corrected chi connectivity index (χ4v) is 2.26. The van der Waals surface area contributed by atoms with Crippen molar-refractivity contribution in [1.29, 1.82) is 0 Å². The van der Waals surface area contributed by atoms with Gasteiger partial charge in [0.15, 0.2) is 0 Å². The van der Waals surface area contributed by atoms with Crippen LogP contribution in [0, 0.1) is 0 Å². The summed E-state index contributed by atoms with van der Waals surface area (Å²) in [5.41, 5.74) is 3.27. The monoisotopic (exact) mass is 407 g/mol. The minimum atomic E-state index is -0.906. The fraction of sp³-hybridized carbons (Fsp3) is 0.211. The Bertz CT molecular complexity index is 823. The summed E-state index contributed by atoms with van der Waals surface area (Å²) < 4.78 is 5.56. The number of hydrazone groups is 1. The molecule has 0 aliphatic rings. The Morgan fingerprint density at radius 3 is 2.48 bits per heavy atom. The molecule has 0 fully saturated rings. The van der Waals surface area contributed by atoms with E-state index in [4.69, 9.17) is 27.9 Å². The highest BCUT2D eigenvalue weighted by Crippen LogP contribution is 2.24. The Kier molecular flexibility index (Phi) is 8.10. The van der Waals surface area contributed by atoms with Crippen LogP contribution in [0.25, 0.3) is 0 Å². The summed E-state index contributed by atoms with van der Waals surface area (Å²) in [4.78, 5) is 23.6. The largest absolute Gasteiger partial charge is 0.494 e. The number of halogens is 2. The molecule has 0 spiro atoms. The van der Waals surface area contributed by atoms with Crippen LogP contribution in [0.15, 0.2) is 47.6 Å². The van der Waals surface area contributed by atoms with Crippen molar-refractivity contribution < 1.29 is 14.3 Å². The highest BCUT2D eigenvalue weighted by Gasteiger charge is 2.13. The summed E-state index contributed by atoms with van der Waals surface area (Å²) in [6, 6.07) is 11.7. The van der Waals surface area contributed by atoms with Crippen LogP contribution in [0.1, 0.15) is 25.3 Å². The minimum Gasteiger partial charge on any atom is -0.494 e. The van der Waals surface area contributed by atoms with E-state index in [1.165, 1.54) is 24.4 Å². The molecule has 0 unspecified atom stereocenters. The van der Waals surface area contributed by atoms with E-state index < -0.39 is 11.8 Å². The van der Waals surface area contributed by atoms with Crippen LogP contribution in [0.5, 0.6) is 5.75 Å². The van der Waals surface area contributed by atoms with Gasteiger partial charge < -0.3 is 10.1 Å². The minimum absolute atomic E-state index is 0.273. The van der Waals surface area contributed by atoms with Gasteiger partial charge in [0.1, 0.15) is 5.75 Å². The summed E-state index contributed by atoms with van der Waals surface area (Å²) in [5, 5.41) is 6.80. The number of ether oxygens (including phenoxy) is 1. The SMILES string of the molecule is CCCCOc1ccc(/C=N/NC(=O)C(=O)Nc2ccc(Cl)c(Cl)c2)cc1. The average Bonchev–Trinajstić information content (AvgIpc) is 2.66. The maximum atomic E-state index is 11.8. The lowest BCUT2D eigenvalue weighted by Gasteiger charge is -2.05. The molecule has 6 nitrogen and oxygen atoms in total. The summed E-state index contributed by atoms with van der Waals surface area (Å²) in [6.07, 6.45) is 3.50. The van der Waals surface area contributed by atoms with Crippen molar-refractivity contribution >= 4 is 46.9 Å². The van der Waals surface area contributed by atoms with Gasteiger partial charge in [-0.25, -0.2) is 5.43 Å². The number of carbonyl (C=O) groups excluding carboxylic acids is 2. The molecule has 0 radical (unpaired) electrons. The third kappa shape index (κ3) is 6.92. The van der Waals surface area contributed by atoms with E-state index in [1.54, 1.807) is 12.1 Å². The second-order valence-electron chi connectivity index (χ2n) is 5.55. The number of hydrogen-bond donors (Lipinski definition) is 2. The Balaban J connectivity index is 1.83. The standard InChI is InChI=1S/C19H19Cl2N3O3/c1-2-3-10-27-15-7-4-13(5-8-15)12-22-24-19(26)18(25)23-14-6-9-16(20)17(21)11-14/h4-9,11-12H,2-3,10H2,1H3,(H,23,25)(H,24,26)/b22-12+. The van der Waals surface area contributed by atoms with Crippen molar-refractivity contribution in [3.8, 4) is 5.75 Å².